The molecule has 3 nitrogen and oxygen atoms in total. The fourth-order valence-corrected chi connectivity index (χ4v) is 1.64. The molecule has 0 unspecified atom stereocenters. The Bertz CT molecular complexity index is 398. The number of esters is 1. The number of hydrogen-bond acceptors (Lipinski definition) is 3. The third-order valence-corrected chi connectivity index (χ3v) is 2.47. The van der Waals surface area contributed by atoms with Gasteiger partial charge < -0.3 is 4.74 Å². The molecule has 0 amide bonds. The maximum absolute atomic E-state index is 13.6. The molecule has 0 atom stereocenters. The molecular formula is C12H15ClFNO2. The van der Waals surface area contributed by atoms with Crippen LogP contribution in [0.1, 0.15) is 12.5 Å². The quantitative estimate of drug-likeness (QED) is 0.761. The Labute approximate surface area is 105 Å². The standard InChI is InChI=1S/C12H15ClFNO2/c1-3-17-11(16)8-15(2)7-9-5-4-6-10(13)12(9)14/h4-6H,3,7-8H2,1-2H3. The first-order valence-corrected chi connectivity index (χ1v) is 5.69. The van der Waals surface area contributed by atoms with Gasteiger partial charge in [-0.15, -0.1) is 0 Å². The molecule has 0 fully saturated rings. The highest BCUT2D eigenvalue weighted by Gasteiger charge is 2.11. The summed E-state index contributed by atoms with van der Waals surface area (Å²) in [7, 11) is 1.72. The van der Waals surface area contributed by atoms with Gasteiger partial charge in [0.05, 0.1) is 18.2 Å². The van der Waals surface area contributed by atoms with Crippen LogP contribution >= 0.6 is 11.6 Å². The summed E-state index contributed by atoms with van der Waals surface area (Å²) in [6.45, 7) is 2.53. The highest BCUT2D eigenvalue weighted by Crippen LogP contribution is 2.18. The van der Waals surface area contributed by atoms with Crippen molar-refractivity contribution in [3.63, 3.8) is 0 Å². The molecule has 0 radical (unpaired) electrons. The molecule has 1 aromatic rings. The van der Waals surface area contributed by atoms with E-state index in [1.54, 1.807) is 31.0 Å². The summed E-state index contributed by atoms with van der Waals surface area (Å²) >= 11 is 5.67. The fourth-order valence-electron chi connectivity index (χ4n) is 1.44. The van der Waals surface area contributed by atoms with Crippen molar-refractivity contribution in [1.82, 2.24) is 4.90 Å². The van der Waals surface area contributed by atoms with E-state index in [0.29, 0.717) is 18.7 Å². The smallest absolute Gasteiger partial charge is 0.320 e. The first-order chi connectivity index (χ1) is 8.04. The zero-order valence-electron chi connectivity index (χ0n) is 9.87. The first kappa shape index (κ1) is 13.9. The van der Waals surface area contributed by atoms with Crippen LogP contribution in [0.4, 0.5) is 4.39 Å². The van der Waals surface area contributed by atoms with E-state index in [0.717, 1.165) is 0 Å². The second kappa shape index (κ2) is 6.57. The third-order valence-electron chi connectivity index (χ3n) is 2.18. The van der Waals surface area contributed by atoms with Gasteiger partial charge in [0.2, 0.25) is 0 Å². The number of rotatable bonds is 5. The Kier molecular flexibility index (Phi) is 5.38. The summed E-state index contributed by atoms with van der Waals surface area (Å²) in [4.78, 5) is 12.9. The van der Waals surface area contributed by atoms with Gasteiger partial charge in [0.1, 0.15) is 5.82 Å². The van der Waals surface area contributed by atoms with Crippen molar-refractivity contribution >= 4 is 17.6 Å². The van der Waals surface area contributed by atoms with Crippen molar-refractivity contribution in [1.29, 1.82) is 0 Å². The van der Waals surface area contributed by atoms with E-state index in [4.69, 9.17) is 16.3 Å². The lowest BCUT2D eigenvalue weighted by Crippen LogP contribution is -2.27. The van der Waals surface area contributed by atoms with Crippen molar-refractivity contribution in [2.45, 2.75) is 13.5 Å². The number of ether oxygens (including phenoxy) is 1. The minimum atomic E-state index is -0.440. The molecule has 0 aliphatic carbocycles. The Morgan fingerprint density at radius 1 is 1.53 bits per heavy atom. The van der Waals surface area contributed by atoms with E-state index in [9.17, 15) is 9.18 Å². The van der Waals surface area contributed by atoms with Crippen molar-refractivity contribution in [2.75, 3.05) is 20.2 Å². The number of carbonyl (C=O) groups is 1. The molecule has 17 heavy (non-hydrogen) atoms. The summed E-state index contributed by atoms with van der Waals surface area (Å²) in [5.41, 5.74) is 0.462. The van der Waals surface area contributed by atoms with Crippen LogP contribution in [0.25, 0.3) is 0 Å². The molecule has 0 aliphatic rings. The summed E-state index contributed by atoms with van der Waals surface area (Å²) in [5, 5.41) is 0.0898. The van der Waals surface area contributed by atoms with Crippen molar-refractivity contribution < 1.29 is 13.9 Å². The third kappa shape index (κ3) is 4.32. The van der Waals surface area contributed by atoms with E-state index in [1.165, 1.54) is 6.07 Å². The van der Waals surface area contributed by atoms with Gasteiger partial charge in [0.15, 0.2) is 0 Å². The molecule has 0 aromatic heterocycles. The minimum Gasteiger partial charge on any atom is -0.465 e. The topological polar surface area (TPSA) is 29.5 Å². The molecule has 0 aliphatic heterocycles. The van der Waals surface area contributed by atoms with Gasteiger partial charge in [-0.25, -0.2) is 4.39 Å². The minimum absolute atomic E-state index is 0.0898. The number of hydrogen-bond donors (Lipinski definition) is 0. The molecule has 0 saturated heterocycles. The predicted molar refractivity (Wildman–Crippen MR) is 64.4 cm³/mol. The Balaban J connectivity index is 2.59. The first-order valence-electron chi connectivity index (χ1n) is 5.31. The van der Waals surface area contributed by atoms with Crippen LogP contribution in [0.2, 0.25) is 5.02 Å². The van der Waals surface area contributed by atoms with Crippen molar-refractivity contribution in [2.24, 2.45) is 0 Å². The number of halogens is 2. The molecule has 0 N–H and O–H groups in total. The molecule has 0 heterocycles. The fraction of sp³-hybridized carbons (Fsp3) is 0.417. The average Bonchev–Trinajstić information content (AvgIpc) is 2.25. The van der Waals surface area contributed by atoms with Gasteiger partial charge in [0.25, 0.3) is 0 Å². The van der Waals surface area contributed by atoms with Gasteiger partial charge in [-0.3, -0.25) is 9.69 Å². The van der Waals surface area contributed by atoms with Crippen LogP contribution in [0, 0.1) is 5.82 Å². The summed E-state index contributed by atoms with van der Waals surface area (Å²) in [6, 6.07) is 4.81. The lowest BCUT2D eigenvalue weighted by Gasteiger charge is -2.16. The summed E-state index contributed by atoms with van der Waals surface area (Å²) in [5.74, 6) is -0.762. The largest absolute Gasteiger partial charge is 0.465 e. The Morgan fingerprint density at radius 3 is 2.88 bits per heavy atom. The zero-order chi connectivity index (χ0) is 12.8. The van der Waals surface area contributed by atoms with Crippen molar-refractivity contribution in [3.05, 3.63) is 34.6 Å². The molecule has 94 valence electrons. The van der Waals surface area contributed by atoms with Crippen LogP contribution in [0.15, 0.2) is 18.2 Å². The van der Waals surface area contributed by atoms with Crippen molar-refractivity contribution in [3.8, 4) is 0 Å². The van der Waals surface area contributed by atoms with Crippen LogP contribution < -0.4 is 0 Å². The van der Waals surface area contributed by atoms with E-state index in [2.05, 4.69) is 0 Å². The van der Waals surface area contributed by atoms with Gasteiger partial charge in [-0.05, 0) is 20.0 Å². The van der Waals surface area contributed by atoms with Crippen LogP contribution in [0.5, 0.6) is 0 Å². The molecule has 0 bridgehead atoms. The average molecular weight is 260 g/mol. The van der Waals surface area contributed by atoms with E-state index in [1.807, 2.05) is 0 Å². The van der Waals surface area contributed by atoms with E-state index >= 15 is 0 Å². The number of nitrogens with zero attached hydrogens (tertiary/aromatic N) is 1. The number of likely N-dealkylation sites (N-methyl/N-ethyl adjacent to an activating group) is 1. The van der Waals surface area contributed by atoms with Gasteiger partial charge in [0, 0.05) is 12.1 Å². The second-order valence-corrected chi connectivity index (χ2v) is 4.10. The lowest BCUT2D eigenvalue weighted by atomic mass is 10.2. The highest BCUT2D eigenvalue weighted by atomic mass is 35.5. The number of benzene rings is 1. The number of carbonyl (C=O) groups excluding carboxylic acids is 1. The van der Waals surface area contributed by atoms with Gasteiger partial charge in [-0.1, -0.05) is 23.7 Å². The molecule has 0 saturated carbocycles. The predicted octanol–water partition coefficient (Wildman–Crippen LogP) is 2.47. The molecule has 1 aromatic carbocycles. The maximum atomic E-state index is 13.6. The van der Waals surface area contributed by atoms with Gasteiger partial charge in [-0.2, -0.15) is 0 Å². The lowest BCUT2D eigenvalue weighted by molar-refractivity contribution is -0.144. The molecule has 5 heteroatoms. The Hall–Kier alpha value is -1.13. The Morgan fingerprint density at radius 2 is 2.24 bits per heavy atom. The molecule has 0 spiro atoms. The summed E-state index contributed by atoms with van der Waals surface area (Å²) in [6.07, 6.45) is 0. The van der Waals surface area contributed by atoms with Gasteiger partial charge >= 0.3 is 5.97 Å². The molecular weight excluding hydrogens is 245 g/mol. The van der Waals surface area contributed by atoms with E-state index in [-0.39, 0.29) is 17.5 Å². The second-order valence-electron chi connectivity index (χ2n) is 3.69. The molecule has 1 rings (SSSR count). The summed E-state index contributed by atoms with van der Waals surface area (Å²) < 4.78 is 18.4. The van der Waals surface area contributed by atoms with Crippen LogP contribution in [0.3, 0.4) is 0 Å². The van der Waals surface area contributed by atoms with E-state index < -0.39 is 5.82 Å². The maximum Gasteiger partial charge on any atom is 0.320 e. The normalized spacial score (nSPS) is 10.6. The van der Waals surface area contributed by atoms with Crippen LogP contribution in [-0.2, 0) is 16.1 Å². The monoisotopic (exact) mass is 259 g/mol. The van der Waals surface area contributed by atoms with Crippen LogP contribution in [-0.4, -0.2) is 31.1 Å². The zero-order valence-corrected chi connectivity index (χ0v) is 10.6. The SMILES string of the molecule is CCOC(=O)CN(C)Cc1cccc(Cl)c1F. The highest BCUT2D eigenvalue weighted by molar-refractivity contribution is 6.30.